The number of hydrogen-bond donors (Lipinski definition) is 1. The van der Waals surface area contributed by atoms with E-state index in [4.69, 9.17) is 5.11 Å². The molecule has 10 heavy (non-hydrogen) atoms. The van der Waals surface area contributed by atoms with Crippen molar-refractivity contribution in [3.05, 3.63) is 22.3 Å². The van der Waals surface area contributed by atoms with Gasteiger partial charge in [0.15, 0.2) is 0 Å². The number of hydrogen-bond acceptors (Lipinski definition) is 1. The van der Waals surface area contributed by atoms with Crippen LogP contribution in [0, 0.1) is 0 Å². The van der Waals surface area contributed by atoms with Gasteiger partial charge in [0.05, 0.1) is 6.10 Å². The molecule has 0 aliphatic carbocycles. The summed E-state index contributed by atoms with van der Waals surface area (Å²) in [7, 11) is 0. The highest BCUT2D eigenvalue weighted by Crippen LogP contribution is 1.97. The molecule has 1 atom stereocenters. The second-order valence-corrected chi connectivity index (χ2v) is 2.72. The van der Waals surface area contributed by atoms with Crippen LogP contribution in [-0.4, -0.2) is 11.2 Å². The summed E-state index contributed by atoms with van der Waals surface area (Å²) >= 11 is 2.10. The molecule has 0 aliphatic rings. The quantitative estimate of drug-likeness (QED) is 0.602. The van der Waals surface area contributed by atoms with Crippen molar-refractivity contribution >= 4 is 22.6 Å². The van der Waals surface area contributed by atoms with E-state index < -0.39 is 0 Å². The van der Waals surface area contributed by atoms with E-state index >= 15 is 0 Å². The van der Waals surface area contributed by atoms with Crippen molar-refractivity contribution in [2.75, 3.05) is 0 Å². The molecule has 1 unspecified atom stereocenters. The molecule has 0 heterocycles. The lowest BCUT2D eigenvalue weighted by atomic mass is 10.2. The number of aliphatic hydroxyl groups is 1. The van der Waals surface area contributed by atoms with E-state index in [-0.39, 0.29) is 6.10 Å². The Balaban J connectivity index is 3.38. The fraction of sp³-hybridized carbons (Fsp3) is 0.500. The molecule has 0 amide bonds. The molecule has 58 valence electrons. The van der Waals surface area contributed by atoms with Crippen LogP contribution >= 0.6 is 22.6 Å². The average Bonchev–Trinajstić information content (AvgIpc) is 1.89. The summed E-state index contributed by atoms with van der Waals surface area (Å²) in [4.78, 5) is 0. The van der Waals surface area contributed by atoms with Crippen LogP contribution in [0.4, 0.5) is 0 Å². The monoisotopic (exact) mass is 252 g/mol. The predicted octanol–water partition coefficient (Wildman–Crippen LogP) is 2.65. The molecule has 0 aromatic heterocycles. The Hall–Kier alpha value is 0.170. The Kier molecular flexibility index (Phi) is 7.40. The molecule has 0 saturated heterocycles. The van der Waals surface area contributed by atoms with Crippen molar-refractivity contribution in [3.63, 3.8) is 0 Å². The van der Waals surface area contributed by atoms with E-state index in [0.717, 1.165) is 12.8 Å². The Morgan fingerprint density at radius 1 is 1.50 bits per heavy atom. The molecule has 1 nitrogen and oxygen atoms in total. The number of aliphatic hydroxyl groups excluding tert-OH is 1. The molecule has 0 aromatic rings. The van der Waals surface area contributed by atoms with Gasteiger partial charge < -0.3 is 5.11 Å². The highest BCUT2D eigenvalue weighted by molar-refractivity contribution is 14.1. The van der Waals surface area contributed by atoms with Crippen molar-refractivity contribution in [3.8, 4) is 0 Å². The minimum Gasteiger partial charge on any atom is -0.389 e. The number of halogens is 1. The summed E-state index contributed by atoms with van der Waals surface area (Å²) in [6, 6.07) is 0. The molecule has 0 fully saturated rings. The largest absolute Gasteiger partial charge is 0.389 e. The highest BCUT2D eigenvalue weighted by Gasteiger charge is 1.91. The van der Waals surface area contributed by atoms with Crippen LogP contribution in [0.15, 0.2) is 22.3 Å². The fourth-order valence-electron chi connectivity index (χ4n) is 0.565. The molecule has 0 aromatic carbocycles. The Labute approximate surface area is 76.0 Å². The van der Waals surface area contributed by atoms with Crippen LogP contribution in [0.1, 0.15) is 19.8 Å². The van der Waals surface area contributed by atoms with E-state index in [9.17, 15) is 0 Å². The molecule has 2 heteroatoms. The van der Waals surface area contributed by atoms with Gasteiger partial charge in [-0.15, -0.1) is 0 Å². The minimum atomic E-state index is -0.306. The Bertz CT molecular complexity index is 118. The van der Waals surface area contributed by atoms with Crippen molar-refractivity contribution < 1.29 is 5.11 Å². The lowest BCUT2D eigenvalue weighted by Gasteiger charge is -1.97. The van der Waals surface area contributed by atoms with Crippen molar-refractivity contribution in [2.45, 2.75) is 25.9 Å². The van der Waals surface area contributed by atoms with E-state index in [2.05, 4.69) is 35.6 Å². The molecule has 0 saturated carbocycles. The lowest BCUT2D eigenvalue weighted by Crippen LogP contribution is -1.98. The number of rotatable bonds is 4. The summed E-state index contributed by atoms with van der Waals surface area (Å²) in [5.41, 5.74) is 0. The maximum Gasteiger partial charge on any atom is 0.0762 e. The normalized spacial score (nSPS) is 15.1. The first-order valence-electron chi connectivity index (χ1n) is 3.41. The molecule has 0 rings (SSSR count). The molecule has 1 N–H and O–H groups in total. The molecular weight excluding hydrogens is 239 g/mol. The second kappa shape index (κ2) is 7.28. The SMILES string of the molecule is CCC=CCC(O)C=CI. The van der Waals surface area contributed by atoms with Gasteiger partial charge in [-0.1, -0.05) is 41.7 Å². The molecule has 0 radical (unpaired) electrons. The Morgan fingerprint density at radius 3 is 2.70 bits per heavy atom. The van der Waals surface area contributed by atoms with Gasteiger partial charge in [0, 0.05) is 0 Å². The predicted molar refractivity (Wildman–Crippen MR) is 53.2 cm³/mol. The summed E-state index contributed by atoms with van der Waals surface area (Å²) in [6.45, 7) is 2.08. The molecular formula is C8H13IO. The van der Waals surface area contributed by atoms with Crippen molar-refractivity contribution in [1.29, 1.82) is 0 Å². The summed E-state index contributed by atoms with van der Waals surface area (Å²) in [6.07, 6.45) is 7.31. The summed E-state index contributed by atoms with van der Waals surface area (Å²) in [5.74, 6) is 0. The van der Waals surface area contributed by atoms with E-state index in [1.54, 1.807) is 6.08 Å². The van der Waals surface area contributed by atoms with E-state index in [1.807, 2.05) is 10.2 Å². The lowest BCUT2D eigenvalue weighted by molar-refractivity contribution is 0.227. The first-order chi connectivity index (χ1) is 4.81. The number of allylic oxidation sites excluding steroid dienone is 1. The van der Waals surface area contributed by atoms with Crippen LogP contribution in [0.2, 0.25) is 0 Å². The van der Waals surface area contributed by atoms with Gasteiger partial charge in [0.2, 0.25) is 0 Å². The maximum absolute atomic E-state index is 9.13. The third-order valence-electron chi connectivity index (χ3n) is 1.07. The smallest absolute Gasteiger partial charge is 0.0762 e. The van der Waals surface area contributed by atoms with Gasteiger partial charge >= 0.3 is 0 Å². The third-order valence-corrected chi connectivity index (χ3v) is 1.49. The zero-order valence-electron chi connectivity index (χ0n) is 6.13. The zero-order chi connectivity index (χ0) is 7.82. The minimum absolute atomic E-state index is 0.306. The van der Waals surface area contributed by atoms with Crippen LogP contribution in [-0.2, 0) is 0 Å². The summed E-state index contributed by atoms with van der Waals surface area (Å²) in [5, 5.41) is 9.13. The van der Waals surface area contributed by atoms with Crippen LogP contribution in [0.3, 0.4) is 0 Å². The maximum atomic E-state index is 9.13. The van der Waals surface area contributed by atoms with Gasteiger partial charge in [0.1, 0.15) is 0 Å². The topological polar surface area (TPSA) is 20.2 Å². The van der Waals surface area contributed by atoms with E-state index in [1.165, 1.54) is 0 Å². The fourth-order valence-corrected chi connectivity index (χ4v) is 1.04. The van der Waals surface area contributed by atoms with E-state index in [0.29, 0.717) is 0 Å². The Morgan fingerprint density at radius 2 is 2.20 bits per heavy atom. The zero-order valence-corrected chi connectivity index (χ0v) is 8.28. The van der Waals surface area contributed by atoms with Crippen LogP contribution in [0.5, 0.6) is 0 Å². The first-order valence-corrected chi connectivity index (χ1v) is 4.65. The van der Waals surface area contributed by atoms with Gasteiger partial charge in [0.25, 0.3) is 0 Å². The van der Waals surface area contributed by atoms with Gasteiger partial charge in [-0.25, -0.2) is 0 Å². The average molecular weight is 252 g/mol. The van der Waals surface area contributed by atoms with Crippen molar-refractivity contribution in [2.24, 2.45) is 0 Å². The van der Waals surface area contributed by atoms with Gasteiger partial charge in [-0.2, -0.15) is 0 Å². The highest BCUT2D eigenvalue weighted by atomic mass is 127. The molecule has 0 aliphatic heterocycles. The molecule has 0 spiro atoms. The summed E-state index contributed by atoms with van der Waals surface area (Å²) < 4.78 is 1.84. The second-order valence-electron chi connectivity index (χ2n) is 2.00. The van der Waals surface area contributed by atoms with Crippen LogP contribution < -0.4 is 0 Å². The van der Waals surface area contributed by atoms with Gasteiger partial charge in [-0.3, -0.25) is 0 Å². The first kappa shape index (κ1) is 10.2. The third kappa shape index (κ3) is 6.29. The van der Waals surface area contributed by atoms with Crippen molar-refractivity contribution in [1.82, 2.24) is 0 Å². The van der Waals surface area contributed by atoms with Gasteiger partial charge in [-0.05, 0) is 23.0 Å². The standard InChI is InChI=1S/C8H13IO/c1-2-3-4-5-8(10)6-7-9/h3-4,6-8,10H,2,5H2,1H3. The molecule has 0 bridgehead atoms. The van der Waals surface area contributed by atoms with Crippen LogP contribution in [0.25, 0.3) is 0 Å².